The highest BCUT2D eigenvalue weighted by Gasteiger charge is 2.74. The number of fused-ring (bicyclic) bond motifs is 3. The van der Waals surface area contributed by atoms with Gasteiger partial charge in [-0.2, -0.15) is 0 Å². The van der Waals surface area contributed by atoms with E-state index in [2.05, 4.69) is 6.92 Å². The number of rotatable bonds is 6. The summed E-state index contributed by atoms with van der Waals surface area (Å²) in [5.74, 6) is -0.807. The summed E-state index contributed by atoms with van der Waals surface area (Å²) in [6.07, 6.45) is -3.54. The molecule has 0 aromatic carbocycles. The van der Waals surface area contributed by atoms with E-state index in [4.69, 9.17) is 14.2 Å². The number of hydrogen-bond donors (Lipinski definition) is 6. The van der Waals surface area contributed by atoms with E-state index in [0.717, 1.165) is 19.1 Å². The van der Waals surface area contributed by atoms with Gasteiger partial charge in [-0.25, -0.2) is 0 Å². The molecule has 11 heteroatoms. The Morgan fingerprint density at radius 1 is 1.00 bits per heavy atom. The second-order valence-corrected chi connectivity index (χ2v) is 13.4. The van der Waals surface area contributed by atoms with Crippen molar-refractivity contribution in [3.8, 4) is 0 Å². The highest BCUT2D eigenvalue weighted by atomic mass is 16.7. The Morgan fingerprint density at radius 2 is 1.72 bits per heavy atom. The van der Waals surface area contributed by atoms with Gasteiger partial charge in [0.05, 0.1) is 24.7 Å². The first-order valence-electron chi connectivity index (χ1n) is 14.2. The standard InChI is InChI=1S/C28H44O11/c1-14(31)38-24-27-9-6-17-25(2,8-7-19(32)26(17,3)12-30)18(27)5-4-15(10-27)28(24,36)13-37-23-22(35)21(34)20(33)16(11-29)39-23/h12,15-24,29,32-36H,4-11,13H2,1-3H3. The Balaban J connectivity index is 1.45. The van der Waals surface area contributed by atoms with Crippen molar-refractivity contribution in [2.75, 3.05) is 13.2 Å². The van der Waals surface area contributed by atoms with Crippen LogP contribution in [0.5, 0.6) is 0 Å². The quantitative estimate of drug-likeness (QED) is 0.186. The van der Waals surface area contributed by atoms with Gasteiger partial charge >= 0.3 is 5.97 Å². The van der Waals surface area contributed by atoms with Crippen LogP contribution < -0.4 is 0 Å². The summed E-state index contributed by atoms with van der Waals surface area (Å²) in [6, 6.07) is 0. The fraction of sp³-hybridized carbons (Fsp3) is 0.929. The summed E-state index contributed by atoms with van der Waals surface area (Å²) in [5.41, 5.74) is -3.34. The number of aliphatic hydroxyl groups excluding tert-OH is 5. The van der Waals surface area contributed by atoms with Gasteiger partial charge in [-0.05, 0) is 68.1 Å². The molecule has 0 radical (unpaired) electrons. The Labute approximate surface area is 228 Å². The molecule has 14 unspecified atom stereocenters. The highest BCUT2D eigenvalue weighted by Crippen LogP contribution is 2.73. The zero-order chi connectivity index (χ0) is 28.5. The van der Waals surface area contributed by atoms with Crippen molar-refractivity contribution in [2.24, 2.45) is 34.0 Å². The summed E-state index contributed by atoms with van der Waals surface area (Å²) in [5, 5.41) is 63.3. The first-order valence-corrected chi connectivity index (χ1v) is 14.2. The maximum atomic E-state index is 12.4. The second kappa shape index (κ2) is 9.97. The molecule has 39 heavy (non-hydrogen) atoms. The molecule has 1 aliphatic heterocycles. The molecule has 222 valence electrons. The molecule has 0 aromatic heterocycles. The van der Waals surface area contributed by atoms with Crippen LogP contribution in [0.25, 0.3) is 0 Å². The molecule has 4 aliphatic carbocycles. The molecule has 5 fully saturated rings. The van der Waals surface area contributed by atoms with Crippen molar-refractivity contribution >= 4 is 12.3 Å². The Bertz CT molecular complexity index is 960. The van der Waals surface area contributed by atoms with E-state index in [1.54, 1.807) is 0 Å². The lowest BCUT2D eigenvalue weighted by Crippen LogP contribution is -2.64. The summed E-state index contributed by atoms with van der Waals surface area (Å²) < 4.78 is 17.3. The third-order valence-electron chi connectivity index (χ3n) is 11.6. The molecule has 1 spiro atoms. The number of ether oxygens (including phenoxy) is 3. The minimum atomic E-state index is -1.62. The van der Waals surface area contributed by atoms with Crippen molar-refractivity contribution in [1.82, 2.24) is 0 Å². The van der Waals surface area contributed by atoms with Crippen LogP contribution in [0.1, 0.15) is 65.7 Å². The molecule has 5 aliphatic rings. The molecule has 14 atom stereocenters. The zero-order valence-electron chi connectivity index (χ0n) is 22.9. The molecule has 4 saturated carbocycles. The molecule has 6 N–H and O–H groups in total. The molecule has 2 bridgehead atoms. The molecular formula is C28H44O11. The largest absolute Gasteiger partial charge is 0.459 e. The van der Waals surface area contributed by atoms with E-state index in [1.807, 2.05) is 6.92 Å². The number of aldehydes is 1. The maximum absolute atomic E-state index is 12.4. The summed E-state index contributed by atoms with van der Waals surface area (Å²) >= 11 is 0. The second-order valence-electron chi connectivity index (χ2n) is 13.4. The average molecular weight is 557 g/mol. The van der Waals surface area contributed by atoms with Crippen LogP contribution in [0.15, 0.2) is 0 Å². The molecule has 1 heterocycles. The molecule has 0 amide bonds. The third-order valence-corrected chi connectivity index (χ3v) is 11.6. The fourth-order valence-corrected chi connectivity index (χ4v) is 9.69. The first-order chi connectivity index (χ1) is 18.3. The summed E-state index contributed by atoms with van der Waals surface area (Å²) in [7, 11) is 0. The van der Waals surface area contributed by atoms with Crippen LogP contribution in [0.4, 0.5) is 0 Å². The fourth-order valence-electron chi connectivity index (χ4n) is 9.69. The smallest absolute Gasteiger partial charge is 0.303 e. The van der Waals surface area contributed by atoms with Crippen molar-refractivity contribution in [2.45, 2.75) is 114 Å². The van der Waals surface area contributed by atoms with Gasteiger partial charge in [0, 0.05) is 12.3 Å². The lowest BCUT2D eigenvalue weighted by Gasteiger charge is -2.64. The van der Waals surface area contributed by atoms with E-state index < -0.39 is 71.9 Å². The summed E-state index contributed by atoms with van der Waals surface area (Å²) in [4.78, 5) is 24.7. The molecule has 5 rings (SSSR count). The van der Waals surface area contributed by atoms with Crippen LogP contribution in [-0.2, 0) is 23.8 Å². The number of aliphatic hydroxyl groups is 6. The Hall–Kier alpha value is -1.18. The predicted octanol–water partition coefficient (Wildman–Crippen LogP) is -0.342. The van der Waals surface area contributed by atoms with Crippen LogP contribution in [0.2, 0.25) is 0 Å². The minimum absolute atomic E-state index is 0.0393. The van der Waals surface area contributed by atoms with Gasteiger partial charge in [0.25, 0.3) is 0 Å². The van der Waals surface area contributed by atoms with Gasteiger partial charge in [0.1, 0.15) is 42.4 Å². The molecular weight excluding hydrogens is 512 g/mol. The maximum Gasteiger partial charge on any atom is 0.303 e. The van der Waals surface area contributed by atoms with Crippen LogP contribution >= 0.6 is 0 Å². The monoisotopic (exact) mass is 556 g/mol. The van der Waals surface area contributed by atoms with E-state index in [-0.39, 0.29) is 29.8 Å². The predicted molar refractivity (Wildman–Crippen MR) is 134 cm³/mol. The third kappa shape index (κ3) is 4.14. The van der Waals surface area contributed by atoms with Gasteiger partial charge in [-0.15, -0.1) is 0 Å². The van der Waals surface area contributed by atoms with Crippen LogP contribution in [0.3, 0.4) is 0 Å². The molecule has 11 nitrogen and oxygen atoms in total. The molecule has 0 aromatic rings. The van der Waals surface area contributed by atoms with E-state index in [9.17, 15) is 40.2 Å². The van der Waals surface area contributed by atoms with Gasteiger partial charge in [-0.1, -0.05) is 13.8 Å². The number of carbonyl (C=O) groups is 2. The summed E-state index contributed by atoms with van der Waals surface area (Å²) in [6.45, 7) is 4.38. The first kappa shape index (κ1) is 29.3. The van der Waals surface area contributed by atoms with E-state index in [0.29, 0.717) is 32.1 Å². The average Bonchev–Trinajstić information content (AvgIpc) is 3.07. The Morgan fingerprint density at radius 3 is 2.36 bits per heavy atom. The van der Waals surface area contributed by atoms with Gasteiger partial charge < -0.3 is 49.6 Å². The number of carbonyl (C=O) groups excluding carboxylic acids is 2. The van der Waals surface area contributed by atoms with Gasteiger partial charge in [-0.3, -0.25) is 4.79 Å². The molecule has 1 saturated heterocycles. The van der Waals surface area contributed by atoms with Crippen molar-refractivity contribution in [1.29, 1.82) is 0 Å². The SMILES string of the molecule is CC(=O)OC1C(O)(COC2OC(CO)C(O)C(O)C2O)C2CCC3C4(C)CCC(O)C(C)(C=O)C4CCC31C2. The van der Waals surface area contributed by atoms with Gasteiger partial charge in [0.15, 0.2) is 6.29 Å². The topological polar surface area (TPSA) is 183 Å². The lowest BCUT2D eigenvalue weighted by atomic mass is 9.40. The van der Waals surface area contributed by atoms with Crippen molar-refractivity contribution in [3.05, 3.63) is 0 Å². The van der Waals surface area contributed by atoms with Crippen LogP contribution in [-0.4, -0.2) is 105 Å². The number of hydrogen-bond acceptors (Lipinski definition) is 11. The highest BCUT2D eigenvalue weighted by molar-refractivity contribution is 5.66. The van der Waals surface area contributed by atoms with Gasteiger partial charge in [0.2, 0.25) is 0 Å². The van der Waals surface area contributed by atoms with Crippen molar-refractivity contribution in [3.63, 3.8) is 0 Å². The van der Waals surface area contributed by atoms with E-state index in [1.165, 1.54) is 6.92 Å². The minimum Gasteiger partial charge on any atom is -0.459 e. The number of esters is 1. The van der Waals surface area contributed by atoms with E-state index >= 15 is 0 Å². The van der Waals surface area contributed by atoms with Crippen LogP contribution in [0, 0.1) is 34.0 Å². The lowest BCUT2D eigenvalue weighted by molar-refractivity contribution is -0.313. The van der Waals surface area contributed by atoms with Crippen molar-refractivity contribution < 1.29 is 54.4 Å². The zero-order valence-corrected chi connectivity index (χ0v) is 22.9. The normalized spacial score (nSPS) is 54.9. The Kier molecular flexibility index (Phi) is 7.50.